The minimum absolute atomic E-state index is 0.221. The van der Waals surface area contributed by atoms with Crippen molar-refractivity contribution in [2.24, 2.45) is 0 Å². The van der Waals surface area contributed by atoms with Crippen LogP contribution in [-0.2, 0) is 12.8 Å². The summed E-state index contributed by atoms with van der Waals surface area (Å²) in [6.07, 6.45) is 2.70. The summed E-state index contributed by atoms with van der Waals surface area (Å²) in [4.78, 5) is 12.0. The van der Waals surface area contributed by atoms with E-state index in [1.807, 2.05) is 19.9 Å². The summed E-state index contributed by atoms with van der Waals surface area (Å²) in [6, 6.07) is 3.66. The Balaban J connectivity index is 2.30. The van der Waals surface area contributed by atoms with E-state index >= 15 is 0 Å². The smallest absolute Gasteiger partial charge is 0.339 e. The first-order chi connectivity index (χ1) is 9.74. The van der Waals surface area contributed by atoms with Crippen LogP contribution in [0.25, 0.3) is 11.0 Å². The topological polar surface area (TPSA) is 48.7 Å². The maximum absolute atomic E-state index is 12.0. The summed E-state index contributed by atoms with van der Waals surface area (Å²) in [6.45, 7) is 4.99. The zero-order valence-electron chi connectivity index (χ0n) is 11.8. The van der Waals surface area contributed by atoms with Crippen LogP contribution in [0, 0.1) is 0 Å². The Hall–Kier alpha value is -1.97. The largest absolute Gasteiger partial charge is 0.494 e. The van der Waals surface area contributed by atoms with Gasteiger partial charge in [0.05, 0.1) is 18.6 Å². The number of ether oxygens (including phenoxy) is 2. The van der Waals surface area contributed by atoms with Crippen molar-refractivity contribution in [1.29, 1.82) is 0 Å². The van der Waals surface area contributed by atoms with Gasteiger partial charge in [0.2, 0.25) is 0 Å². The van der Waals surface area contributed by atoms with E-state index in [1.165, 1.54) is 0 Å². The highest BCUT2D eigenvalue weighted by molar-refractivity contribution is 5.89. The summed E-state index contributed by atoms with van der Waals surface area (Å²) in [5.74, 6) is 1.42. The van der Waals surface area contributed by atoms with Crippen molar-refractivity contribution in [1.82, 2.24) is 0 Å². The van der Waals surface area contributed by atoms with Crippen LogP contribution in [0.15, 0.2) is 21.3 Å². The third kappa shape index (κ3) is 2.05. The molecule has 0 saturated carbocycles. The summed E-state index contributed by atoms with van der Waals surface area (Å²) in [5.41, 5.74) is 2.23. The highest BCUT2D eigenvalue weighted by Gasteiger charge is 2.22. The molecule has 0 saturated heterocycles. The maximum Gasteiger partial charge on any atom is 0.339 e. The van der Waals surface area contributed by atoms with E-state index in [0.29, 0.717) is 24.5 Å². The minimum atomic E-state index is -0.221. The molecule has 0 atom stereocenters. The van der Waals surface area contributed by atoms with Crippen LogP contribution in [0.1, 0.15) is 31.4 Å². The normalized spacial score (nSPS) is 13.5. The Labute approximate surface area is 117 Å². The molecule has 0 N–H and O–H groups in total. The van der Waals surface area contributed by atoms with Crippen molar-refractivity contribution in [3.8, 4) is 11.5 Å². The molecule has 1 aliphatic carbocycles. The third-order valence-corrected chi connectivity index (χ3v) is 3.62. The first-order valence-electron chi connectivity index (χ1n) is 7.12. The predicted octanol–water partition coefficient (Wildman–Crippen LogP) is 3.08. The van der Waals surface area contributed by atoms with Crippen LogP contribution in [0.5, 0.6) is 11.5 Å². The van der Waals surface area contributed by atoms with Gasteiger partial charge in [0, 0.05) is 17.7 Å². The molecule has 0 aliphatic heterocycles. The van der Waals surface area contributed by atoms with Crippen LogP contribution in [-0.4, -0.2) is 13.2 Å². The number of fused-ring (bicyclic) bond motifs is 3. The van der Waals surface area contributed by atoms with Crippen molar-refractivity contribution in [2.75, 3.05) is 13.2 Å². The zero-order chi connectivity index (χ0) is 14.1. The number of benzene rings is 1. The van der Waals surface area contributed by atoms with Gasteiger partial charge in [0.25, 0.3) is 0 Å². The van der Waals surface area contributed by atoms with Gasteiger partial charge in [0.15, 0.2) is 0 Å². The molecule has 1 heterocycles. The third-order valence-electron chi connectivity index (χ3n) is 3.62. The van der Waals surface area contributed by atoms with Crippen LogP contribution in [0.2, 0.25) is 0 Å². The fraction of sp³-hybridized carbons (Fsp3) is 0.438. The van der Waals surface area contributed by atoms with Gasteiger partial charge in [-0.3, -0.25) is 0 Å². The fourth-order valence-electron chi connectivity index (χ4n) is 2.87. The number of rotatable bonds is 4. The highest BCUT2D eigenvalue weighted by Crippen LogP contribution is 2.37. The number of hydrogen-bond donors (Lipinski definition) is 0. The van der Waals surface area contributed by atoms with Crippen LogP contribution < -0.4 is 15.1 Å². The van der Waals surface area contributed by atoms with Gasteiger partial charge in [-0.15, -0.1) is 0 Å². The van der Waals surface area contributed by atoms with E-state index in [2.05, 4.69) is 0 Å². The summed E-state index contributed by atoms with van der Waals surface area (Å²) in [5, 5.41) is 0.933. The molecule has 1 aromatic carbocycles. The molecule has 1 aliphatic rings. The zero-order valence-corrected chi connectivity index (χ0v) is 11.8. The molecule has 0 radical (unpaired) electrons. The molecular weight excluding hydrogens is 256 g/mol. The van der Waals surface area contributed by atoms with Crippen molar-refractivity contribution < 1.29 is 13.9 Å². The second kappa shape index (κ2) is 5.19. The SMILES string of the molecule is CCOc1cc(OCC)c2c3c(c(=O)oc2c1)CCC3. The van der Waals surface area contributed by atoms with Gasteiger partial charge in [-0.1, -0.05) is 0 Å². The molecule has 4 nitrogen and oxygen atoms in total. The van der Waals surface area contributed by atoms with E-state index in [0.717, 1.165) is 41.5 Å². The molecule has 0 unspecified atom stereocenters. The first-order valence-corrected chi connectivity index (χ1v) is 7.12. The monoisotopic (exact) mass is 274 g/mol. The molecule has 2 aromatic rings. The quantitative estimate of drug-likeness (QED) is 0.804. The van der Waals surface area contributed by atoms with E-state index < -0.39 is 0 Å². The Kier molecular flexibility index (Phi) is 3.38. The van der Waals surface area contributed by atoms with Gasteiger partial charge in [0.1, 0.15) is 17.1 Å². The molecule has 3 rings (SSSR count). The van der Waals surface area contributed by atoms with Gasteiger partial charge in [-0.05, 0) is 38.7 Å². The van der Waals surface area contributed by atoms with E-state index in [9.17, 15) is 4.79 Å². The molecule has 20 heavy (non-hydrogen) atoms. The van der Waals surface area contributed by atoms with Crippen molar-refractivity contribution >= 4 is 11.0 Å². The lowest BCUT2D eigenvalue weighted by atomic mass is 10.1. The second-order valence-electron chi connectivity index (χ2n) is 4.86. The summed E-state index contributed by atoms with van der Waals surface area (Å²) < 4.78 is 16.7. The molecular formula is C16H18O4. The molecule has 0 spiro atoms. The molecule has 106 valence electrons. The van der Waals surface area contributed by atoms with Gasteiger partial charge in [-0.2, -0.15) is 0 Å². The molecule has 1 aromatic heterocycles. The predicted molar refractivity (Wildman–Crippen MR) is 76.8 cm³/mol. The average molecular weight is 274 g/mol. The fourth-order valence-corrected chi connectivity index (χ4v) is 2.87. The first kappa shape index (κ1) is 13.0. The summed E-state index contributed by atoms with van der Waals surface area (Å²) >= 11 is 0. The van der Waals surface area contributed by atoms with Gasteiger partial charge in [-0.25, -0.2) is 4.79 Å². The van der Waals surface area contributed by atoms with Crippen molar-refractivity contribution in [2.45, 2.75) is 33.1 Å². The lowest BCUT2D eigenvalue weighted by molar-refractivity contribution is 0.325. The maximum atomic E-state index is 12.0. The highest BCUT2D eigenvalue weighted by atomic mass is 16.5. The lowest BCUT2D eigenvalue weighted by Gasteiger charge is -2.13. The molecule has 0 bridgehead atoms. The Morgan fingerprint density at radius 1 is 1.10 bits per heavy atom. The van der Waals surface area contributed by atoms with Crippen LogP contribution >= 0.6 is 0 Å². The van der Waals surface area contributed by atoms with Crippen LogP contribution in [0.3, 0.4) is 0 Å². The van der Waals surface area contributed by atoms with E-state index in [-0.39, 0.29) is 5.63 Å². The Morgan fingerprint density at radius 3 is 2.60 bits per heavy atom. The van der Waals surface area contributed by atoms with E-state index in [4.69, 9.17) is 13.9 Å². The Morgan fingerprint density at radius 2 is 1.85 bits per heavy atom. The van der Waals surface area contributed by atoms with Crippen molar-refractivity contribution in [3.63, 3.8) is 0 Å². The number of aryl methyl sites for hydroxylation is 1. The summed E-state index contributed by atoms with van der Waals surface area (Å²) in [7, 11) is 0. The van der Waals surface area contributed by atoms with Gasteiger partial charge >= 0.3 is 5.63 Å². The Bertz CT molecular complexity index is 700. The molecule has 0 amide bonds. The minimum Gasteiger partial charge on any atom is -0.494 e. The molecule has 4 heteroatoms. The van der Waals surface area contributed by atoms with Gasteiger partial charge < -0.3 is 13.9 Å². The van der Waals surface area contributed by atoms with Crippen LogP contribution in [0.4, 0.5) is 0 Å². The van der Waals surface area contributed by atoms with E-state index in [1.54, 1.807) is 6.07 Å². The number of hydrogen-bond acceptors (Lipinski definition) is 4. The lowest BCUT2D eigenvalue weighted by Crippen LogP contribution is -2.08. The average Bonchev–Trinajstić information content (AvgIpc) is 2.89. The van der Waals surface area contributed by atoms with Crippen molar-refractivity contribution in [3.05, 3.63) is 33.7 Å². The second-order valence-corrected chi connectivity index (χ2v) is 4.86. The molecule has 0 fully saturated rings. The standard InChI is InChI=1S/C16H18O4/c1-3-18-10-8-13(19-4-2)15-11-6-5-7-12(11)16(17)20-14(15)9-10/h8-9H,3-7H2,1-2H3.